The van der Waals surface area contributed by atoms with Crippen LogP contribution in [0.1, 0.15) is 39.5 Å². The quantitative estimate of drug-likeness (QED) is 0.656. The van der Waals surface area contributed by atoms with E-state index in [1.807, 2.05) is 0 Å². The third-order valence-electron chi connectivity index (χ3n) is 3.52. The second kappa shape index (κ2) is 3.58. The average molecular weight is 184 g/mol. The van der Waals surface area contributed by atoms with Crippen LogP contribution in [0.25, 0.3) is 0 Å². The Bertz CT molecular complexity index is 147. The van der Waals surface area contributed by atoms with Gasteiger partial charge in [-0.3, -0.25) is 0 Å². The Hall–Kier alpha value is -0.0800. The lowest BCUT2D eigenvalue weighted by atomic mass is 9.78. The van der Waals surface area contributed by atoms with Crippen LogP contribution in [0.5, 0.6) is 0 Å². The van der Waals surface area contributed by atoms with Crippen molar-refractivity contribution < 1.29 is 9.47 Å². The molecule has 2 fully saturated rings. The Labute approximate surface area is 80.6 Å². The predicted octanol–water partition coefficient (Wildman–Crippen LogP) is 2.37. The maximum absolute atomic E-state index is 5.75. The first kappa shape index (κ1) is 9.47. The summed E-state index contributed by atoms with van der Waals surface area (Å²) in [5.74, 6) is 0. The van der Waals surface area contributed by atoms with Gasteiger partial charge in [-0.25, -0.2) is 0 Å². The largest absolute Gasteiger partial charge is 0.378 e. The van der Waals surface area contributed by atoms with Crippen molar-refractivity contribution in [1.29, 1.82) is 0 Å². The lowest BCUT2D eigenvalue weighted by molar-refractivity contribution is -0.0681. The van der Waals surface area contributed by atoms with E-state index < -0.39 is 0 Å². The minimum atomic E-state index is 0.215. The van der Waals surface area contributed by atoms with E-state index in [-0.39, 0.29) is 5.41 Å². The van der Waals surface area contributed by atoms with Crippen LogP contribution in [0, 0.1) is 5.41 Å². The highest BCUT2D eigenvalue weighted by atomic mass is 16.5. The fourth-order valence-electron chi connectivity index (χ4n) is 2.54. The molecule has 0 aromatic heterocycles. The van der Waals surface area contributed by atoms with Gasteiger partial charge in [0.2, 0.25) is 0 Å². The molecule has 0 aliphatic carbocycles. The van der Waals surface area contributed by atoms with E-state index in [4.69, 9.17) is 9.47 Å². The van der Waals surface area contributed by atoms with Crippen LogP contribution in [0.3, 0.4) is 0 Å². The molecule has 2 aliphatic heterocycles. The molecular weight excluding hydrogens is 164 g/mol. The molecule has 2 atom stereocenters. The standard InChI is InChI=1S/C11H20O2/c1-11(2,9-5-3-7-12-9)10-6-4-8-13-10/h9-10H,3-8H2,1-2H3. The van der Waals surface area contributed by atoms with E-state index in [0.717, 1.165) is 13.2 Å². The van der Waals surface area contributed by atoms with E-state index >= 15 is 0 Å². The maximum atomic E-state index is 5.75. The molecule has 0 aromatic carbocycles. The van der Waals surface area contributed by atoms with E-state index in [1.54, 1.807) is 0 Å². The van der Waals surface area contributed by atoms with Gasteiger partial charge in [-0.2, -0.15) is 0 Å². The first-order chi connectivity index (χ1) is 6.21. The smallest absolute Gasteiger partial charge is 0.0651 e. The van der Waals surface area contributed by atoms with E-state index in [1.165, 1.54) is 25.7 Å². The summed E-state index contributed by atoms with van der Waals surface area (Å²) in [7, 11) is 0. The van der Waals surface area contributed by atoms with Crippen LogP contribution in [-0.2, 0) is 9.47 Å². The Morgan fingerprint density at radius 2 is 1.38 bits per heavy atom. The summed E-state index contributed by atoms with van der Waals surface area (Å²) in [6, 6.07) is 0. The third kappa shape index (κ3) is 1.75. The first-order valence-corrected chi connectivity index (χ1v) is 5.44. The highest BCUT2D eigenvalue weighted by Crippen LogP contribution is 2.39. The summed E-state index contributed by atoms with van der Waals surface area (Å²) in [5.41, 5.74) is 0.215. The summed E-state index contributed by atoms with van der Waals surface area (Å²) in [6.07, 6.45) is 5.73. The van der Waals surface area contributed by atoms with Gasteiger partial charge in [0.1, 0.15) is 0 Å². The van der Waals surface area contributed by atoms with E-state index in [2.05, 4.69) is 13.8 Å². The summed E-state index contributed by atoms with van der Waals surface area (Å²) in [5, 5.41) is 0. The monoisotopic (exact) mass is 184 g/mol. The van der Waals surface area contributed by atoms with Gasteiger partial charge in [-0.15, -0.1) is 0 Å². The van der Waals surface area contributed by atoms with Crippen molar-refractivity contribution in [3.8, 4) is 0 Å². The Balaban J connectivity index is 1.99. The summed E-state index contributed by atoms with van der Waals surface area (Å²) < 4.78 is 11.5. The summed E-state index contributed by atoms with van der Waals surface area (Å²) in [6.45, 7) is 6.47. The van der Waals surface area contributed by atoms with Gasteiger partial charge in [0.05, 0.1) is 12.2 Å². The van der Waals surface area contributed by atoms with E-state index in [0.29, 0.717) is 12.2 Å². The first-order valence-electron chi connectivity index (χ1n) is 5.44. The Morgan fingerprint density at radius 1 is 0.923 bits per heavy atom. The second-order valence-corrected chi connectivity index (χ2v) is 4.82. The molecular formula is C11H20O2. The van der Waals surface area contributed by atoms with Crippen LogP contribution in [0.15, 0.2) is 0 Å². The fraction of sp³-hybridized carbons (Fsp3) is 1.00. The van der Waals surface area contributed by atoms with Crippen molar-refractivity contribution in [2.24, 2.45) is 5.41 Å². The minimum absolute atomic E-state index is 0.215. The van der Waals surface area contributed by atoms with Crippen LogP contribution in [0.4, 0.5) is 0 Å². The lowest BCUT2D eigenvalue weighted by Crippen LogP contribution is -2.39. The minimum Gasteiger partial charge on any atom is -0.378 e. The van der Waals surface area contributed by atoms with Crippen molar-refractivity contribution in [2.75, 3.05) is 13.2 Å². The molecule has 0 saturated carbocycles. The predicted molar refractivity (Wildman–Crippen MR) is 51.7 cm³/mol. The van der Waals surface area contributed by atoms with Crippen LogP contribution >= 0.6 is 0 Å². The number of hydrogen-bond acceptors (Lipinski definition) is 2. The molecule has 0 spiro atoms. The van der Waals surface area contributed by atoms with Crippen molar-refractivity contribution in [1.82, 2.24) is 0 Å². The fourth-order valence-corrected chi connectivity index (χ4v) is 2.54. The summed E-state index contributed by atoms with van der Waals surface area (Å²) >= 11 is 0. The van der Waals surface area contributed by atoms with Gasteiger partial charge in [0.25, 0.3) is 0 Å². The molecule has 2 nitrogen and oxygen atoms in total. The molecule has 2 unspecified atom stereocenters. The van der Waals surface area contributed by atoms with Gasteiger partial charge in [-0.1, -0.05) is 13.8 Å². The molecule has 0 N–H and O–H groups in total. The molecule has 2 aliphatic rings. The highest BCUT2D eigenvalue weighted by Gasteiger charge is 2.41. The summed E-state index contributed by atoms with van der Waals surface area (Å²) in [4.78, 5) is 0. The third-order valence-corrected chi connectivity index (χ3v) is 3.52. The molecule has 2 heterocycles. The van der Waals surface area contributed by atoms with E-state index in [9.17, 15) is 0 Å². The highest BCUT2D eigenvalue weighted by molar-refractivity contribution is 4.90. The molecule has 0 bridgehead atoms. The Morgan fingerprint density at radius 3 is 1.69 bits per heavy atom. The van der Waals surface area contributed by atoms with Gasteiger partial charge in [-0.05, 0) is 25.7 Å². The number of hydrogen-bond donors (Lipinski definition) is 0. The topological polar surface area (TPSA) is 18.5 Å². The lowest BCUT2D eigenvalue weighted by Gasteiger charge is -2.35. The Kier molecular flexibility index (Phi) is 2.61. The SMILES string of the molecule is CC(C)(C1CCCO1)C1CCCO1. The van der Waals surface area contributed by atoms with Gasteiger partial charge >= 0.3 is 0 Å². The average Bonchev–Trinajstić information content (AvgIpc) is 2.78. The number of ether oxygens (including phenoxy) is 2. The zero-order valence-corrected chi connectivity index (χ0v) is 8.71. The van der Waals surface area contributed by atoms with Crippen LogP contribution in [-0.4, -0.2) is 25.4 Å². The molecule has 2 rings (SSSR count). The second-order valence-electron chi connectivity index (χ2n) is 4.82. The molecule has 0 radical (unpaired) electrons. The van der Waals surface area contributed by atoms with Crippen molar-refractivity contribution in [3.05, 3.63) is 0 Å². The van der Waals surface area contributed by atoms with Crippen molar-refractivity contribution in [3.63, 3.8) is 0 Å². The molecule has 0 aromatic rings. The maximum Gasteiger partial charge on any atom is 0.0651 e. The molecule has 13 heavy (non-hydrogen) atoms. The van der Waals surface area contributed by atoms with Gasteiger partial charge in [0.15, 0.2) is 0 Å². The number of rotatable bonds is 2. The molecule has 2 heteroatoms. The molecule has 0 amide bonds. The van der Waals surface area contributed by atoms with Crippen molar-refractivity contribution >= 4 is 0 Å². The van der Waals surface area contributed by atoms with Gasteiger partial charge in [0, 0.05) is 18.6 Å². The molecule has 2 saturated heterocycles. The van der Waals surface area contributed by atoms with Crippen LogP contribution in [0.2, 0.25) is 0 Å². The van der Waals surface area contributed by atoms with Crippen molar-refractivity contribution in [2.45, 2.75) is 51.7 Å². The normalized spacial score (nSPS) is 35.5. The molecule has 76 valence electrons. The zero-order valence-electron chi connectivity index (χ0n) is 8.71. The van der Waals surface area contributed by atoms with Crippen LogP contribution < -0.4 is 0 Å². The van der Waals surface area contributed by atoms with Gasteiger partial charge < -0.3 is 9.47 Å². The zero-order chi connectivity index (χ0) is 9.31.